The van der Waals surface area contributed by atoms with Gasteiger partial charge in [-0.1, -0.05) is 29.8 Å². The van der Waals surface area contributed by atoms with Crippen LogP contribution in [0.15, 0.2) is 48.5 Å². The summed E-state index contributed by atoms with van der Waals surface area (Å²) in [5.74, 6) is -1.91. The molecule has 20 heavy (non-hydrogen) atoms. The first kappa shape index (κ1) is 13.9. The number of carbonyl (C=O) groups excluding carboxylic acids is 2. The predicted octanol–water partition coefficient (Wildman–Crippen LogP) is 2.62. The third-order valence-electron chi connectivity index (χ3n) is 2.44. The zero-order valence-corrected chi connectivity index (χ0v) is 11.0. The Balaban J connectivity index is 2.04. The number of phenolic OH excluding ortho intramolecular Hbond substituents is 1. The minimum atomic E-state index is -0.897. The van der Waals surface area contributed by atoms with Gasteiger partial charge >= 0.3 is 11.8 Å². The number of nitrogens with one attached hydrogen (secondary N) is 2. The molecule has 102 valence electrons. The van der Waals surface area contributed by atoms with E-state index in [1.807, 2.05) is 0 Å². The Morgan fingerprint density at radius 2 is 1.60 bits per heavy atom. The highest BCUT2D eigenvalue weighted by Crippen LogP contribution is 2.26. The third-order valence-corrected chi connectivity index (χ3v) is 2.68. The van der Waals surface area contributed by atoms with Crippen LogP contribution in [0.25, 0.3) is 0 Å². The highest BCUT2D eigenvalue weighted by atomic mass is 35.5. The zero-order valence-electron chi connectivity index (χ0n) is 10.3. The van der Waals surface area contributed by atoms with E-state index in [-0.39, 0.29) is 11.4 Å². The van der Waals surface area contributed by atoms with Crippen LogP contribution >= 0.6 is 11.6 Å². The maximum atomic E-state index is 11.7. The van der Waals surface area contributed by atoms with Crippen LogP contribution in [0, 0.1) is 0 Å². The summed E-state index contributed by atoms with van der Waals surface area (Å²) in [7, 11) is 0. The molecule has 5 nitrogen and oxygen atoms in total. The Morgan fingerprint density at radius 3 is 2.30 bits per heavy atom. The molecule has 2 aromatic rings. The monoisotopic (exact) mass is 290 g/mol. The summed E-state index contributed by atoms with van der Waals surface area (Å²) >= 11 is 5.75. The second kappa shape index (κ2) is 6.08. The third kappa shape index (κ3) is 3.49. The van der Waals surface area contributed by atoms with Gasteiger partial charge < -0.3 is 15.7 Å². The average Bonchev–Trinajstić information content (AvgIpc) is 2.44. The van der Waals surface area contributed by atoms with Gasteiger partial charge in [-0.25, -0.2) is 0 Å². The summed E-state index contributed by atoms with van der Waals surface area (Å²) in [6.45, 7) is 0. The van der Waals surface area contributed by atoms with Crippen molar-refractivity contribution in [1.29, 1.82) is 0 Å². The molecule has 3 N–H and O–H groups in total. The van der Waals surface area contributed by atoms with E-state index in [0.29, 0.717) is 10.7 Å². The number of carbonyl (C=O) groups is 2. The molecule has 6 heteroatoms. The maximum Gasteiger partial charge on any atom is 0.314 e. The van der Waals surface area contributed by atoms with E-state index in [1.165, 1.54) is 18.2 Å². The standard InChI is InChI=1S/C14H11ClN2O3/c15-9-6-7-12(18)11(8-9)17-14(20)13(19)16-10-4-2-1-3-5-10/h1-8,18H,(H,16,19)(H,17,20). The highest BCUT2D eigenvalue weighted by Gasteiger charge is 2.15. The van der Waals surface area contributed by atoms with Crippen molar-refractivity contribution in [2.75, 3.05) is 10.6 Å². The normalized spacial score (nSPS) is 9.85. The van der Waals surface area contributed by atoms with E-state index in [1.54, 1.807) is 30.3 Å². The molecule has 2 amide bonds. The molecule has 0 fully saturated rings. The Morgan fingerprint density at radius 1 is 0.950 bits per heavy atom. The maximum absolute atomic E-state index is 11.7. The van der Waals surface area contributed by atoms with Crippen molar-refractivity contribution in [3.05, 3.63) is 53.6 Å². The van der Waals surface area contributed by atoms with Crippen LogP contribution in [-0.2, 0) is 9.59 Å². The molecule has 0 saturated carbocycles. The van der Waals surface area contributed by atoms with E-state index >= 15 is 0 Å². The number of para-hydroxylation sites is 1. The van der Waals surface area contributed by atoms with Gasteiger partial charge in [-0.15, -0.1) is 0 Å². The molecule has 0 aliphatic carbocycles. The quantitative estimate of drug-likeness (QED) is 0.587. The second-order valence-electron chi connectivity index (χ2n) is 3.94. The van der Waals surface area contributed by atoms with Crippen molar-refractivity contribution < 1.29 is 14.7 Å². The van der Waals surface area contributed by atoms with Crippen LogP contribution in [0.3, 0.4) is 0 Å². The van der Waals surface area contributed by atoms with Crippen molar-refractivity contribution >= 4 is 34.8 Å². The fraction of sp³-hybridized carbons (Fsp3) is 0. The fourth-order valence-corrected chi connectivity index (χ4v) is 1.67. The van der Waals surface area contributed by atoms with Crippen LogP contribution in [0.5, 0.6) is 5.75 Å². The van der Waals surface area contributed by atoms with Gasteiger partial charge in [0.05, 0.1) is 5.69 Å². The molecule has 0 bridgehead atoms. The van der Waals surface area contributed by atoms with Gasteiger partial charge in [-0.05, 0) is 30.3 Å². The molecule has 0 aromatic heterocycles. The van der Waals surface area contributed by atoms with Crippen LogP contribution in [0.1, 0.15) is 0 Å². The number of aromatic hydroxyl groups is 1. The van der Waals surface area contributed by atoms with Gasteiger partial charge in [0.1, 0.15) is 5.75 Å². The summed E-state index contributed by atoms with van der Waals surface area (Å²) in [5, 5.41) is 14.6. The topological polar surface area (TPSA) is 78.4 Å². The number of phenols is 1. The summed E-state index contributed by atoms with van der Waals surface area (Å²) in [6.07, 6.45) is 0. The Bertz CT molecular complexity index is 644. The van der Waals surface area contributed by atoms with Crippen molar-refractivity contribution in [3.63, 3.8) is 0 Å². The Labute approximate surface area is 120 Å². The summed E-state index contributed by atoms with van der Waals surface area (Å²) in [4.78, 5) is 23.4. The van der Waals surface area contributed by atoms with Gasteiger partial charge in [0.2, 0.25) is 0 Å². The first-order valence-corrected chi connectivity index (χ1v) is 6.10. The van der Waals surface area contributed by atoms with Gasteiger partial charge in [-0.2, -0.15) is 0 Å². The molecule has 0 radical (unpaired) electrons. The minimum Gasteiger partial charge on any atom is -0.506 e. The predicted molar refractivity (Wildman–Crippen MR) is 76.8 cm³/mol. The SMILES string of the molecule is O=C(Nc1ccccc1)C(=O)Nc1cc(Cl)ccc1O. The van der Waals surface area contributed by atoms with Gasteiger partial charge in [-0.3, -0.25) is 9.59 Å². The second-order valence-corrected chi connectivity index (χ2v) is 4.37. The number of hydrogen-bond donors (Lipinski definition) is 3. The van der Waals surface area contributed by atoms with Crippen molar-refractivity contribution in [3.8, 4) is 5.75 Å². The van der Waals surface area contributed by atoms with Crippen LogP contribution in [0.4, 0.5) is 11.4 Å². The van der Waals surface area contributed by atoms with E-state index in [9.17, 15) is 14.7 Å². The zero-order chi connectivity index (χ0) is 14.5. The van der Waals surface area contributed by atoms with Gasteiger partial charge in [0.25, 0.3) is 0 Å². The Hall–Kier alpha value is -2.53. The molecule has 0 heterocycles. The number of anilines is 2. The summed E-state index contributed by atoms with van der Waals surface area (Å²) in [5.41, 5.74) is 0.577. The molecule has 0 saturated heterocycles. The molecule has 0 aliphatic heterocycles. The van der Waals surface area contributed by atoms with E-state index < -0.39 is 11.8 Å². The highest BCUT2D eigenvalue weighted by molar-refractivity contribution is 6.44. The molecule has 0 unspecified atom stereocenters. The lowest BCUT2D eigenvalue weighted by molar-refractivity contribution is -0.133. The number of amides is 2. The lowest BCUT2D eigenvalue weighted by Crippen LogP contribution is -2.29. The lowest BCUT2D eigenvalue weighted by atomic mass is 10.3. The van der Waals surface area contributed by atoms with Crippen molar-refractivity contribution in [1.82, 2.24) is 0 Å². The number of hydrogen-bond acceptors (Lipinski definition) is 3. The van der Waals surface area contributed by atoms with Gasteiger partial charge in [0.15, 0.2) is 0 Å². The van der Waals surface area contributed by atoms with Crippen molar-refractivity contribution in [2.45, 2.75) is 0 Å². The fourth-order valence-electron chi connectivity index (χ4n) is 1.50. The van der Waals surface area contributed by atoms with Crippen molar-refractivity contribution in [2.24, 2.45) is 0 Å². The first-order valence-electron chi connectivity index (χ1n) is 5.72. The average molecular weight is 291 g/mol. The van der Waals surface area contributed by atoms with E-state index in [0.717, 1.165) is 0 Å². The molecular weight excluding hydrogens is 280 g/mol. The Kier molecular flexibility index (Phi) is 4.22. The summed E-state index contributed by atoms with van der Waals surface area (Å²) < 4.78 is 0. The molecule has 0 aliphatic rings. The lowest BCUT2D eigenvalue weighted by Gasteiger charge is -2.08. The van der Waals surface area contributed by atoms with Crippen LogP contribution in [0.2, 0.25) is 5.02 Å². The number of benzene rings is 2. The molecular formula is C14H11ClN2O3. The van der Waals surface area contributed by atoms with E-state index in [2.05, 4.69) is 10.6 Å². The molecule has 2 aromatic carbocycles. The molecule has 0 atom stereocenters. The van der Waals surface area contributed by atoms with Crippen LogP contribution < -0.4 is 10.6 Å². The smallest absolute Gasteiger partial charge is 0.314 e. The largest absolute Gasteiger partial charge is 0.506 e. The molecule has 2 rings (SSSR count). The first-order chi connectivity index (χ1) is 9.56. The summed E-state index contributed by atoms with van der Waals surface area (Å²) in [6, 6.07) is 12.7. The number of rotatable bonds is 2. The molecule has 0 spiro atoms. The van der Waals surface area contributed by atoms with Gasteiger partial charge in [0, 0.05) is 10.7 Å². The van der Waals surface area contributed by atoms with Crippen LogP contribution in [-0.4, -0.2) is 16.9 Å². The van der Waals surface area contributed by atoms with E-state index in [4.69, 9.17) is 11.6 Å². The minimum absolute atomic E-state index is 0.0747. The number of halogens is 1.